The van der Waals surface area contributed by atoms with Gasteiger partial charge in [0.25, 0.3) is 0 Å². The van der Waals surface area contributed by atoms with Gasteiger partial charge >= 0.3 is 5.97 Å². The average Bonchev–Trinajstić information content (AvgIpc) is 3.34. The molecular formula is C20H17N5O3. The van der Waals surface area contributed by atoms with Crippen molar-refractivity contribution in [3.63, 3.8) is 0 Å². The molecule has 1 N–H and O–H groups in total. The molecule has 8 heteroatoms. The Bertz CT molecular complexity index is 1160. The molecule has 4 rings (SSSR count). The number of nitrogens with one attached hydrogen (secondary N) is 1. The summed E-state index contributed by atoms with van der Waals surface area (Å²) in [4.78, 5) is 28.9. The molecule has 1 atom stereocenters. The summed E-state index contributed by atoms with van der Waals surface area (Å²) in [5.74, 6) is -0.882. The lowest BCUT2D eigenvalue weighted by molar-refractivity contribution is 0.0319. The number of hydrogen-bond donors (Lipinski definition) is 1. The van der Waals surface area contributed by atoms with Gasteiger partial charge in [0.05, 0.1) is 11.3 Å². The Kier molecular flexibility index (Phi) is 4.44. The Balaban J connectivity index is 1.61. The summed E-state index contributed by atoms with van der Waals surface area (Å²) in [7, 11) is 0. The predicted octanol–water partition coefficient (Wildman–Crippen LogP) is 2.88. The fourth-order valence-corrected chi connectivity index (χ4v) is 3.19. The van der Waals surface area contributed by atoms with Gasteiger partial charge in [0, 0.05) is 22.2 Å². The van der Waals surface area contributed by atoms with Gasteiger partial charge in [-0.25, -0.2) is 4.79 Å². The van der Waals surface area contributed by atoms with Crippen LogP contribution in [0.5, 0.6) is 0 Å². The minimum Gasteiger partial charge on any atom is -0.451 e. The topological polar surface area (TPSA) is 103 Å². The second-order valence-electron chi connectivity index (χ2n) is 6.35. The molecule has 0 radical (unpaired) electrons. The van der Waals surface area contributed by atoms with Crippen molar-refractivity contribution in [1.29, 1.82) is 0 Å². The third-order valence-corrected chi connectivity index (χ3v) is 4.51. The highest BCUT2D eigenvalue weighted by molar-refractivity contribution is 6.11. The van der Waals surface area contributed by atoms with Crippen LogP contribution in [0.25, 0.3) is 16.6 Å². The van der Waals surface area contributed by atoms with Crippen LogP contribution in [0.15, 0.2) is 54.9 Å². The van der Waals surface area contributed by atoms with Crippen LogP contribution in [0.2, 0.25) is 0 Å². The van der Waals surface area contributed by atoms with Crippen LogP contribution in [0.4, 0.5) is 0 Å². The number of hydrogen-bond acceptors (Lipinski definition) is 6. The van der Waals surface area contributed by atoms with Crippen LogP contribution in [-0.2, 0) is 4.74 Å². The normalized spacial score (nSPS) is 12.1. The zero-order valence-corrected chi connectivity index (χ0v) is 15.3. The highest BCUT2D eigenvalue weighted by atomic mass is 16.5. The number of tetrazole rings is 1. The SMILES string of the molecule is Cc1[nH]c2ccccc2c1C(=O)[C@@H](C)OC(=O)c1ccccc1-n1cnnn1. The molecule has 28 heavy (non-hydrogen) atoms. The summed E-state index contributed by atoms with van der Waals surface area (Å²) < 4.78 is 6.85. The number of esters is 1. The lowest BCUT2D eigenvalue weighted by Gasteiger charge is -2.14. The molecule has 2 aromatic carbocycles. The van der Waals surface area contributed by atoms with E-state index in [9.17, 15) is 9.59 Å². The molecule has 0 bridgehead atoms. The molecule has 0 saturated carbocycles. The fraction of sp³-hybridized carbons (Fsp3) is 0.150. The summed E-state index contributed by atoms with van der Waals surface area (Å²) in [6, 6.07) is 14.3. The molecule has 140 valence electrons. The molecule has 0 aliphatic rings. The molecular weight excluding hydrogens is 358 g/mol. The Morgan fingerprint density at radius 3 is 2.64 bits per heavy atom. The average molecular weight is 375 g/mol. The quantitative estimate of drug-likeness (QED) is 0.425. The minimum absolute atomic E-state index is 0.261. The standard InChI is InChI=1S/C20H17N5O3/c1-12-18(14-7-3-5-9-16(14)22-12)19(26)13(2)28-20(27)15-8-4-6-10-17(15)25-11-21-23-24-25/h3-11,13,22H,1-2H3/t13-/m1/s1. The number of fused-ring (bicyclic) bond motifs is 1. The second-order valence-corrected chi connectivity index (χ2v) is 6.35. The Morgan fingerprint density at radius 2 is 1.86 bits per heavy atom. The van der Waals surface area contributed by atoms with Gasteiger partial charge in [-0.3, -0.25) is 4.79 Å². The second kappa shape index (κ2) is 7.07. The number of carbonyl (C=O) groups excluding carboxylic acids is 2. The van der Waals surface area contributed by atoms with E-state index in [1.807, 2.05) is 31.2 Å². The Hall–Kier alpha value is -3.81. The van der Waals surface area contributed by atoms with Crippen LogP contribution >= 0.6 is 0 Å². The maximum absolute atomic E-state index is 13.0. The summed E-state index contributed by atoms with van der Waals surface area (Å²) >= 11 is 0. The van der Waals surface area contributed by atoms with E-state index in [4.69, 9.17) is 4.74 Å². The van der Waals surface area contributed by atoms with Crippen LogP contribution in [-0.4, -0.2) is 43.0 Å². The number of ketones is 1. The van der Waals surface area contributed by atoms with Crippen molar-refractivity contribution in [2.75, 3.05) is 0 Å². The van der Waals surface area contributed by atoms with Gasteiger partial charge in [-0.05, 0) is 42.5 Å². The molecule has 8 nitrogen and oxygen atoms in total. The van der Waals surface area contributed by atoms with Crippen molar-refractivity contribution in [2.45, 2.75) is 20.0 Å². The number of para-hydroxylation sites is 2. The van der Waals surface area contributed by atoms with E-state index < -0.39 is 12.1 Å². The van der Waals surface area contributed by atoms with Crippen LogP contribution in [0.1, 0.15) is 33.3 Å². The fourth-order valence-electron chi connectivity index (χ4n) is 3.19. The zero-order chi connectivity index (χ0) is 19.7. The first-order valence-corrected chi connectivity index (χ1v) is 8.71. The number of aryl methyl sites for hydroxylation is 1. The van der Waals surface area contributed by atoms with E-state index in [1.54, 1.807) is 31.2 Å². The lowest BCUT2D eigenvalue weighted by atomic mass is 10.0. The van der Waals surface area contributed by atoms with E-state index in [-0.39, 0.29) is 11.3 Å². The predicted molar refractivity (Wildman–Crippen MR) is 101 cm³/mol. The maximum Gasteiger partial charge on any atom is 0.341 e. The molecule has 0 spiro atoms. The van der Waals surface area contributed by atoms with Gasteiger partial charge in [0.2, 0.25) is 5.78 Å². The van der Waals surface area contributed by atoms with E-state index >= 15 is 0 Å². The monoisotopic (exact) mass is 375 g/mol. The third-order valence-electron chi connectivity index (χ3n) is 4.51. The molecule has 0 amide bonds. The lowest BCUT2D eigenvalue weighted by Crippen LogP contribution is -2.25. The molecule has 0 aliphatic carbocycles. The van der Waals surface area contributed by atoms with E-state index in [0.29, 0.717) is 11.3 Å². The smallest absolute Gasteiger partial charge is 0.341 e. The largest absolute Gasteiger partial charge is 0.451 e. The van der Waals surface area contributed by atoms with Gasteiger partial charge in [0.1, 0.15) is 6.33 Å². The first kappa shape index (κ1) is 17.6. The van der Waals surface area contributed by atoms with Crippen LogP contribution < -0.4 is 0 Å². The van der Waals surface area contributed by atoms with E-state index in [0.717, 1.165) is 16.6 Å². The van der Waals surface area contributed by atoms with Gasteiger partial charge < -0.3 is 9.72 Å². The zero-order valence-electron chi connectivity index (χ0n) is 15.3. The van der Waals surface area contributed by atoms with E-state index in [2.05, 4.69) is 20.5 Å². The molecule has 0 aliphatic heterocycles. The van der Waals surface area contributed by atoms with Crippen molar-refractivity contribution in [2.24, 2.45) is 0 Å². The highest BCUT2D eigenvalue weighted by Gasteiger charge is 2.26. The summed E-state index contributed by atoms with van der Waals surface area (Å²) in [5, 5.41) is 11.8. The molecule has 0 saturated heterocycles. The van der Waals surface area contributed by atoms with Gasteiger partial charge in [-0.1, -0.05) is 30.3 Å². The number of aromatic amines is 1. The maximum atomic E-state index is 13.0. The number of aromatic nitrogens is 5. The molecule has 0 fully saturated rings. The molecule has 2 heterocycles. The van der Waals surface area contributed by atoms with Crippen molar-refractivity contribution >= 4 is 22.7 Å². The summed E-state index contributed by atoms with van der Waals surface area (Å²) in [6.07, 6.45) is 0.433. The van der Waals surface area contributed by atoms with Gasteiger partial charge in [0.15, 0.2) is 6.10 Å². The number of ether oxygens (including phenoxy) is 1. The number of rotatable bonds is 5. The van der Waals surface area contributed by atoms with Crippen LogP contribution in [0, 0.1) is 6.92 Å². The Labute approximate surface area is 160 Å². The minimum atomic E-state index is -0.952. The van der Waals surface area contributed by atoms with Crippen molar-refractivity contribution < 1.29 is 14.3 Å². The first-order valence-electron chi connectivity index (χ1n) is 8.71. The summed E-state index contributed by atoms with van der Waals surface area (Å²) in [5.41, 5.74) is 2.88. The van der Waals surface area contributed by atoms with Crippen molar-refractivity contribution in [3.05, 3.63) is 71.7 Å². The molecule has 0 unspecified atom stereocenters. The van der Waals surface area contributed by atoms with Gasteiger partial charge in [-0.2, -0.15) is 4.68 Å². The van der Waals surface area contributed by atoms with Crippen molar-refractivity contribution in [3.8, 4) is 5.69 Å². The number of Topliss-reactive ketones (excluding diaryl/α,β-unsaturated/α-hetero) is 1. The third kappa shape index (κ3) is 3.05. The number of nitrogens with zero attached hydrogens (tertiary/aromatic N) is 4. The molecule has 4 aromatic rings. The van der Waals surface area contributed by atoms with Crippen LogP contribution in [0.3, 0.4) is 0 Å². The number of benzene rings is 2. The summed E-state index contributed by atoms with van der Waals surface area (Å²) in [6.45, 7) is 3.40. The van der Waals surface area contributed by atoms with Crippen molar-refractivity contribution in [1.82, 2.24) is 25.2 Å². The number of carbonyl (C=O) groups is 2. The van der Waals surface area contributed by atoms with E-state index in [1.165, 1.54) is 11.0 Å². The highest BCUT2D eigenvalue weighted by Crippen LogP contribution is 2.24. The Morgan fingerprint density at radius 1 is 1.11 bits per heavy atom. The number of H-pyrrole nitrogens is 1. The first-order chi connectivity index (χ1) is 13.6. The van der Waals surface area contributed by atoms with Gasteiger partial charge in [-0.15, -0.1) is 5.10 Å². The molecule has 2 aromatic heterocycles.